The number of Topliss-reactive ketones (excluding diaryl/α,β-unsaturated/α-hetero) is 1. The molecule has 5 nitrogen and oxygen atoms in total. The highest BCUT2D eigenvalue weighted by Gasteiger charge is 2.30. The number of aromatic nitrogens is 1. The van der Waals surface area contributed by atoms with Crippen LogP contribution < -0.4 is 10.6 Å². The lowest BCUT2D eigenvalue weighted by molar-refractivity contribution is -0.121. The van der Waals surface area contributed by atoms with Gasteiger partial charge in [-0.2, -0.15) is 0 Å². The Morgan fingerprint density at radius 2 is 2.21 bits per heavy atom. The number of rotatable bonds is 1. The molecule has 0 aromatic carbocycles. The molecule has 0 atom stereocenters. The summed E-state index contributed by atoms with van der Waals surface area (Å²) in [6.45, 7) is 0.0834. The zero-order valence-corrected chi connectivity index (χ0v) is 7.43. The van der Waals surface area contributed by atoms with Crippen molar-refractivity contribution in [3.8, 4) is 0 Å². The van der Waals surface area contributed by atoms with E-state index in [1.54, 1.807) is 18.3 Å². The summed E-state index contributed by atoms with van der Waals surface area (Å²) in [5, 5.41) is 0. The van der Waals surface area contributed by atoms with Crippen molar-refractivity contribution in [1.82, 2.24) is 4.98 Å². The highest BCUT2D eigenvalue weighted by atomic mass is 16.2. The van der Waals surface area contributed by atoms with Crippen molar-refractivity contribution in [2.45, 2.75) is 6.42 Å². The molecule has 2 N–H and O–H groups in total. The van der Waals surface area contributed by atoms with Gasteiger partial charge in [0, 0.05) is 6.20 Å². The van der Waals surface area contributed by atoms with E-state index in [1.807, 2.05) is 0 Å². The molecule has 1 aliphatic heterocycles. The van der Waals surface area contributed by atoms with E-state index in [1.165, 1.54) is 4.90 Å². The number of nitrogen functional groups attached to an aromatic ring is 1. The number of carbonyl (C=O) groups is 2. The van der Waals surface area contributed by atoms with Crippen LogP contribution in [0.2, 0.25) is 0 Å². The van der Waals surface area contributed by atoms with Gasteiger partial charge in [0.15, 0.2) is 11.6 Å². The summed E-state index contributed by atoms with van der Waals surface area (Å²) in [6, 6.07) is 3.33. The van der Waals surface area contributed by atoms with Gasteiger partial charge in [-0.3, -0.25) is 14.5 Å². The van der Waals surface area contributed by atoms with Crippen molar-refractivity contribution in [3.05, 3.63) is 18.3 Å². The molecule has 2 heterocycles. The van der Waals surface area contributed by atoms with E-state index < -0.39 is 0 Å². The molecule has 1 aromatic heterocycles. The van der Waals surface area contributed by atoms with Gasteiger partial charge in [-0.25, -0.2) is 4.98 Å². The first-order valence-corrected chi connectivity index (χ1v) is 4.21. The number of nitrogens with two attached hydrogens (primary N) is 1. The van der Waals surface area contributed by atoms with Crippen LogP contribution in [-0.4, -0.2) is 23.2 Å². The van der Waals surface area contributed by atoms with Crippen LogP contribution in [0.4, 0.5) is 11.5 Å². The molecule has 0 unspecified atom stereocenters. The Labute approximate surface area is 80.5 Å². The van der Waals surface area contributed by atoms with E-state index in [2.05, 4.69) is 4.98 Å². The summed E-state index contributed by atoms with van der Waals surface area (Å²) in [5.41, 5.74) is 6.05. The Bertz CT molecular complexity index is 403. The number of carbonyl (C=O) groups excluding carboxylic acids is 2. The molecule has 0 bridgehead atoms. The largest absolute Gasteiger partial charge is 0.396 e. The van der Waals surface area contributed by atoms with Gasteiger partial charge in [0.1, 0.15) is 0 Å². The van der Waals surface area contributed by atoms with E-state index in [-0.39, 0.29) is 24.7 Å². The van der Waals surface area contributed by atoms with Crippen LogP contribution in [-0.2, 0) is 9.59 Å². The fourth-order valence-corrected chi connectivity index (χ4v) is 1.41. The predicted molar refractivity (Wildman–Crippen MR) is 50.6 cm³/mol. The molecule has 1 amide bonds. The van der Waals surface area contributed by atoms with Gasteiger partial charge in [0.05, 0.1) is 18.7 Å². The molecule has 0 aliphatic carbocycles. The summed E-state index contributed by atoms with van der Waals surface area (Å²) in [4.78, 5) is 27.7. The summed E-state index contributed by atoms with van der Waals surface area (Å²) >= 11 is 0. The number of hydrogen-bond acceptors (Lipinski definition) is 4. The molecular formula is C9H9N3O2. The molecule has 1 aliphatic rings. The van der Waals surface area contributed by atoms with Gasteiger partial charge in [0.25, 0.3) is 0 Å². The van der Waals surface area contributed by atoms with Crippen molar-refractivity contribution in [3.63, 3.8) is 0 Å². The van der Waals surface area contributed by atoms with E-state index in [9.17, 15) is 9.59 Å². The minimum atomic E-state index is -0.236. The standard InChI is InChI=1S/C9H9N3O2/c10-7-2-1-3-11-9(7)12-5-6(13)4-8(12)14/h1-3H,4-5,10H2. The Morgan fingerprint density at radius 1 is 1.43 bits per heavy atom. The molecule has 1 aromatic rings. The fraction of sp³-hybridized carbons (Fsp3) is 0.222. The third kappa shape index (κ3) is 1.32. The van der Waals surface area contributed by atoms with Crippen LogP contribution in [0, 0.1) is 0 Å². The highest BCUT2D eigenvalue weighted by molar-refractivity contribution is 6.15. The number of nitrogens with zero attached hydrogens (tertiary/aromatic N) is 2. The molecule has 2 rings (SSSR count). The van der Waals surface area contributed by atoms with Crippen molar-refractivity contribution in [2.24, 2.45) is 0 Å². The minimum Gasteiger partial charge on any atom is -0.396 e. The number of hydrogen-bond donors (Lipinski definition) is 1. The Balaban J connectivity index is 2.36. The first-order chi connectivity index (χ1) is 6.68. The fourth-order valence-electron chi connectivity index (χ4n) is 1.41. The Kier molecular flexibility index (Phi) is 1.92. The molecule has 1 saturated heterocycles. The van der Waals surface area contributed by atoms with Crippen LogP contribution in [0.3, 0.4) is 0 Å². The van der Waals surface area contributed by atoms with Crippen molar-refractivity contribution in [2.75, 3.05) is 17.2 Å². The second kappa shape index (κ2) is 3.10. The van der Waals surface area contributed by atoms with Gasteiger partial charge >= 0.3 is 0 Å². The SMILES string of the molecule is Nc1cccnc1N1CC(=O)CC1=O. The lowest BCUT2D eigenvalue weighted by atomic mass is 10.3. The smallest absolute Gasteiger partial charge is 0.236 e. The predicted octanol–water partition coefficient (Wildman–Crippen LogP) is -0.0304. The summed E-state index contributed by atoms with van der Waals surface area (Å²) in [7, 11) is 0. The van der Waals surface area contributed by atoms with Gasteiger partial charge in [-0.05, 0) is 12.1 Å². The molecule has 0 radical (unpaired) electrons. The summed E-state index contributed by atoms with van der Waals surface area (Å²) in [5.74, 6) is 0.0452. The topological polar surface area (TPSA) is 76.3 Å². The Morgan fingerprint density at radius 3 is 2.79 bits per heavy atom. The quantitative estimate of drug-likeness (QED) is 0.632. The second-order valence-corrected chi connectivity index (χ2v) is 3.11. The molecular weight excluding hydrogens is 182 g/mol. The third-order valence-electron chi connectivity index (χ3n) is 2.06. The highest BCUT2D eigenvalue weighted by Crippen LogP contribution is 2.22. The van der Waals surface area contributed by atoms with Crippen molar-refractivity contribution < 1.29 is 9.59 Å². The number of pyridine rings is 1. The maximum Gasteiger partial charge on any atom is 0.236 e. The maximum absolute atomic E-state index is 11.3. The number of amides is 1. The lowest BCUT2D eigenvalue weighted by Crippen LogP contribution is -2.26. The number of anilines is 2. The van der Waals surface area contributed by atoms with E-state index in [0.717, 1.165) is 0 Å². The first-order valence-electron chi connectivity index (χ1n) is 4.21. The van der Waals surface area contributed by atoms with Crippen LogP contribution >= 0.6 is 0 Å². The molecule has 5 heteroatoms. The third-order valence-corrected chi connectivity index (χ3v) is 2.06. The summed E-state index contributed by atoms with van der Waals surface area (Å²) < 4.78 is 0. The Hall–Kier alpha value is -1.91. The first kappa shape index (κ1) is 8.68. The van der Waals surface area contributed by atoms with Gasteiger partial charge in [-0.15, -0.1) is 0 Å². The normalized spacial score (nSPS) is 16.4. The van der Waals surface area contributed by atoms with Crippen LogP contribution in [0.5, 0.6) is 0 Å². The maximum atomic E-state index is 11.3. The minimum absolute atomic E-state index is 0.0456. The molecule has 0 saturated carbocycles. The van der Waals surface area contributed by atoms with Crippen LogP contribution in [0.1, 0.15) is 6.42 Å². The number of ketones is 1. The van der Waals surface area contributed by atoms with E-state index >= 15 is 0 Å². The molecule has 1 fully saturated rings. The van der Waals surface area contributed by atoms with E-state index in [0.29, 0.717) is 11.5 Å². The van der Waals surface area contributed by atoms with E-state index in [4.69, 9.17) is 5.73 Å². The molecule has 0 spiro atoms. The van der Waals surface area contributed by atoms with Crippen molar-refractivity contribution >= 4 is 23.2 Å². The zero-order chi connectivity index (χ0) is 10.1. The molecule has 72 valence electrons. The van der Waals surface area contributed by atoms with Crippen LogP contribution in [0.25, 0.3) is 0 Å². The van der Waals surface area contributed by atoms with Crippen LogP contribution in [0.15, 0.2) is 18.3 Å². The monoisotopic (exact) mass is 191 g/mol. The zero-order valence-electron chi connectivity index (χ0n) is 7.43. The van der Waals surface area contributed by atoms with Gasteiger partial charge < -0.3 is 5.73 Å². The lowest BCUT2D eigenvalue weighted by Gasteiger charge is -2.14. The average Bonchev–Trinajstić information content (AvgIpc) is 2.46. The van der Waals surface area contributed by atoms with Crippen molar-refractivity contribution in [1.29, 1.82) is 0 Å². The molecule has 14 heavy (non-hydrogen) atoms. The second-order valence-electron chi connectivity index (χ2n) is 3.11. The summed E-state index contributed by atoms with van der Waals surface area (Å²) in [6.07, 6.45) is 1.50. The van der Waals surface area contributed by atoms with Gasteiger partial charge in [-0.1, -0.05) is 0 Å². The van der Waals surface area contributed by atoms with Gasteiger partial charge in [0.2, 0.25) is 5.91 Å². The average molecular weight is 191 g/mol.